The predicted octanol–water partition coefficient (Wildman–Crippen LogP) is 4.32. The van der Waals surface area contributed by atoms with Crippen molar-refractivity contribution in [1.29, 1.82) is 0 Å². The number of rotatable bonds is 8. The Morgan fingerprint density at radius 2 is 1.53 bits per heavy atom. The minimum Gasteiger partial charge on any atom is -0.303 e. The first-order valence-corrected chi connectivity index (χ1v) is 8.00. The van der Waals surface area contributed by atoms with Crippen LogP contribution in [0, 0.1) is 17.8 Å². The fourth-order valence-electron chi connectivity index (χ4n) is 3.33. The lowest BCUT2D eigenvalue weighted by atomic mass is 9.82. The molecular formula is C16H31N. The van der Waals surface area contributed by atoms with Gasteiger partial charge in [-0.2, -0.15) is 0 Å². The van der Waals surface area contributed by atoms with Crippen LogP contribution in [-0.4, -0.2) is 24.5 Å². The molecule has 1 atom stereocenters. The van der Waals surface area contributed by atoms with Crippen LogP contribution in [0.4, 0.5) is 0 Å². The van der Waals surface area contributed by atoms with Crippen LogP contribution in [0.15, 0.2) is 0 Å². The van der Waals surface area contributed by atoms with Gasteiger partial charge in [-0.15, -0.1) is 0 Å². The molecule has 0 amide bonds. The number of nitrogens with zero attached hydrogens (tertiary/aromatic N) is 1. The molecule has 2 aliphatic carbocycles. The molecule has 2 aliphatic rings. The molecule has 100 valence electrons. The van der Waals surface area contributed by atoms with E-state index in [0.717, 1.165) is 17.8 Å². The second kappa shape index (κ2) is 6.78. The van der Waals surface area contributed by atoms with Crippen molar-refractivity contribution >= 4 is 0 Å². The highest BCUT2D eigenvalue weighted by Gasteiger charge is 2.25. The van der Waals surface area contributed by atoms with Crippen LogP contribution >= 0.6 is 0 Å². The van der Waals surface area contributed by atoms with Gasteiger partial charge in [0.1, 0.15) is 0 Å². The highest BCUT2D eigenvalue weighted by atomic mass is 15.1. The average molecular weight is 237 g/mol. The molecule has 2 rings (SSSR count). The van der Waals surface area contributed by atoms with Gasteiger partial charge >= 0.3 is 0 Å². The van der Waals surface area contributed by atoms with E-state index in [4.69, 9.17) is 0 Å². The first-order valence-electron chi connectivity index (χ1n) is 8.00. The lowest BCUT2D eigenvalue weighted by Crippen LogP contribution is -2.40. The molecule has 1 unspecified atom stereocenters. The predicted molar refractivity (Wildman–Crippen MR) is 75.2 cm³/mol. The molecule has 17 heavy (non-hydrogen) atoms. The Kier molecular flexibility index (Phi) is 5.34. The molecule has 0 radical (unpaired) electrons. The Balaban J connectivity index is 1.72. The van der Waals surface area contributed by atoms with E-state index in [0.29, 0.717) is 0 Å². The Morgan fingerprint density at radius 3 is 1.88 bits per heavy atom. The van der Waals surface area contributed by atoms with Gasteiger partial charge in [0, 0.05) is 19.6 Å². The summed E-state index contributed by atoms with van der Waals surface area (Å²) in [6.07, 6.45) is 11.8. The van der Waals surface area contributed by atoms with E-state index in [9.17, 15) is 0 Å². The molecule has 1 heteroatoms. The molecule has 1 nitrogen and oxygen atoms in total. The van der Waals surface area contributed by atoms with Gasteiger partial charge < -0.3 is 4.90 Å². The maximum Gasteiger partial charge on any atom is 0.000989 e. The second-order valence-electron chi connectivity index (χ2n) is 6.71. The van der Waals surface area contributed by atoms with Crippen LogP contribution in [-0.2, 0) is 0 Å². The van der Waals surface area contributed by atoms with Crippen LogP contribution in [0.3, 0.4) is 0 Å². The smallest absolute Gasteiger partial charge is 0.000989 e. The topological polar surface area (TPSA) is 3.24 Å². The van der Waals surface area contributed by atoms with E-state index in [-0.39, 0.29) is 0 Å². The summed E-state index contributed by atoms with van der Waals surface area (Å²) in [6.45, 7) is 8.94. The monoisotopic (exact) mass is 237 g/mol. The van der Waals surface area contributed by atoms with Crippen LogP contribution in [0.5, 0.6) is 0 Å². The summed E-state index contributed by atoms with van der Waals surface area (Å²) in [5, 5.41) is 0. The maximum absolute atomic E-state index is 2.81. The standard InChI is InChI=1S/C16H31N/c1-3-6-14(2)11-17(12-15-7-4-8-15)13-16-9-5-10-16/h14-16H,3-13H2,1-2H3. The van der Waals surface area contributed by atoms with Crippen LogP contribution < -0.4 is 0 Å². The SMILES string of the molecule is CCCC(C)CN(CC1CCC1)CC1CCC1. The van der Waals surface area contributed by atoms with Crippen molar-refractivity contribution < 1.29 is 0 Å². The fraction of sp³-hybridized carbons (Fsp3) is 1.00. The quantitative estimate of drug-likeness (QED) is 0.607. The van der Waals surface area contributed by atoms with Crippen molar-refractivity contribution in [2.45, 2.75) is 65.2 Å². The molecule has 0 bridgehead atoms. The van der Waals surface area contributed by atoms with E-state index in [2.05, 4.69) is 18.7 Å². The summed E-state index contributed by atoms with van der Waals surface area (Å²) in [6, 6.07) is 0. The Hall–Kier alpha value is -0.0400. The third-order valence-corrected chi connectivity index (χ3v) is 4.83. The first-order chi connectivity index (χ1) is 8.28. The van der Waals surface area contributed by atoms with Crippen LogP contribution in [0.25, 0.3) is 0 Å². The minimum absolute atomic E-state index is 0.903. The molecule has 0 aliphatic heterocycles. The summed E-state index contributed by atoms with van der Waals surface area (Å²) in [7, 11) is 0. The van der Waals surface area contributed by atoms with Gasteiger partial charge in [0.25, 0.3) is 0 Å². The average Bonchev–Trinajstić information content (AvgIpc) is 2.17. The van der Waals surface area contributed by atoms with Gasteiger partial charge in [0.15, 0.2) is 0 Å². The summed E-state index contributed by atoms with van der Waals surface area (Å²) in [5.74, 6) is 2.99. The summed E-state index contributed by atoms with van der Waals surface area (Å²) >= 11 is 0. The normalized spacial score (nSPS) is 23.5. The first kappa shape index (κ1) is 13.4. The number of hydrogen-bond donors (Lipinski definition) is 0. The van der Waals surface area contributed by atoms with Gasteiger partial charge in [-0.25, -0.2) is 0 Å². The zero-order valence-electron chi connectivity index (χ0n) is 12.0. The second-order valence-corrected chi connectivity index (χ2v) is 6.71. The Morgan fingerprint density at radius 1 is 1.00 bits per heavy atom. The van der Waals surface area contributed by atoms with E-state index < -0.39 is 0 Å². The molecule has 2 fully saturated rings. The molecule has 0 aromatic heterocycles. The van der Waals surface area contributed by atoms with Crippen LogP contribution in [0.1, 0.15) is 65.2 Å². The third kappa shape index (κ3) is 4.28. The Bertz CT molecular complexity index is 190. The highest BCUT2D eigenvalue weighted by molar-refractivity contribution is 4.79. The van der Waals surface area contributed by atoms with Crippen molar-refractivity contribution in [2.24, 2.45) is 17.8 Å². The Labute approximate surface area is 108 Å². The van der Waals surface area contributed by atoms with Crippen molar-refractivity contribution in [1.82, 2.24) is 4.90 Å². The molecule has 0 saturated heterocycles. The van der Waals surface area contributed by atoms with Gasteiger partial charge in [0.05, 0.1) is 0 Å². The minimum atomic E-state index is 0.903. The van der Waals surface area contributed by atoms with Gasteiger partial charge in [-0.3, -0.25) is 0 Å². The molecule has 0 N–H and O–H groups in total. The largest absolute Gasteiger partial charge is 0.303 e. The van der Waals surface area contributed by atoms with E-state index in [1.54, 1.807) is 0 Å². The van der Waals surface area contributed by atoms with E-state index >= 15 is 0 Å². The van der Waals surface area contributed by atoms with Crippen molar-refractivity contribution in [2.75, 3.05) is 19.6 Å². The molecule has 0 spiro atoms. The van der Waals surface area contributed by atoms with Crippen molar-refractivity contribution in [3.63, 3.8) is 0 Å². The fourth-order valence-corrected chi connectivity index (χ4v) is 3.33. The third-order valence-electron chi connectivity index (χ3n) is 4.83. The van der Waals surface area contributed by atoms with Crippen molar-refractivity contribution in [3.05, 3.63) is 0 Å². The number of hydrogen-bond acceptors (Lipinski definition) is 1. The summed E-state index contributed by atoms with van der Waals surface area (Å²) in [5.41, 5.74) is 0. The summed E-state index contributed by atoms with van der Waals surface area (Å²) < 4.78 is 0. The lowest BCUT2D eigenvalue weighted by molar-refractivity contribution is 0.116. The van der Waals surface area contributed by atoms with E-state index in [1.807, 2.05) is 0 Å². The van der Waals surface area contributed by atoms with Gasteiger partial charge in [0.2, 0.25) is 0 Å². The highest BCUT2D eigenvalue weighted by Crippen LogP contribution is 2.31. The lowest BCUT2D eigenvalue weighted by Gasteiger charge is -2.38. The zero-order valence-corrected chi connectivity index (χ0v) is 12.0. The molecule has 0 heterocycles. The maximum atomic E-state index is 2.81. The summed E-state index contributed by atoms with van der Waals surface area (Å²) in [4.78, 5) is 2.81. The van der Waals surface area contributed by atoms with Gasteiger partial charge in [-0.05, 0) is 49.9 Å². The van der Waals surface area contributed by atoms with Gasteiger partial charge in [-0.1, -0.05) is 33.1 Å². The molecule has 0 aromatic carbocycles. The van der Waals surface area contributed by atoms with E-state index in [1.165, 1.54) is 71.0 Å². The van der Waals surface area contributed by atoms with Crippen LogP contribution in [0.2, 0.25) is 0 Å². The molecular weight excluding hydrogens is 206 g/mol. The van der Waals surface area contributed by atoms with Crippen molar-refractivity contribution in [3.8, 4) is 0 Å². The molecule has 0 aromatic rings. The molecule has 2 saturated carbocycles. The zero-order chi connectivity index (χ0) is 12.1.